The Hall–Kier alpha value is -3.87. The van der Waals surface area contributed by atoms with Crippen LogP contribution in [0, 0.1) is 5.82 Å². The van der Waals surface area contributed by atoms with E-state index in [1.54, 1.807) is 53.2 Å². The van der Waals surface area contributed by atoms with Crippen molar-refractivity contribution in [2.75, 3.05) is 5.32 Å². The predicted molar refractivity (Wildman–Crippen MR) is 116 cm³/mol. The van der Waals surface area contributed by atoms with Crippen molar-refractivity contribution in [3.8, 4) is 0 Å². The third-order valence-electron chi connectivity index (χ3n) is 5.36. The van der Waals surface area contributed by atoms with Crippen LogP contribution in [0.3, 0.4) is 0 Å². The first-order valence-electron chi connectivity index (χ1n) is 10.1. The van der Waals surface area contributed by atoms with Crippen LogP contribution >= 0.6 is 0 Å². The van der Waals surface area contributed by atoms with E-state index in [0.29, 0.717) is 28.7 Å². The van der Waals surface area contributed by atoms with Crippen molar-refractivity contribution in [3.63, 3.8) is 0 Å². The van der Waals surface area contributed by atoms with E-state index in [9.17, 15) is 14.0 Å². The summed E-state index contributed by atoms with van der Waals surface area (Å²) in [7, 11) is 0. The fourth-order valence-electron chi connectivity index (χ4n) is 3.59. The molecule has 0 radical (unpaired) electrons. The number of carbonyl (C=O) groups is 1. The van der Waals surface area contributed by atoms with Gasteiger partial charge in [-0.15, -0.1) is 0 Å². The van der Waals surface area contributed by atoms with Crippen molar-refractivity contribution in [3.05, 3.63) is 100 Å². The lowest BCUT2D eigenvalue weighted by Gasteiger charge is -2.14. The first-order chi connectivity index (χ1) is 15.1. The molecule has 0 saturated heterocycles. The lowest BCUT2D eigenvalue weighted by atomic mass is 10.1. The van der Waals surface area contributed by atoms with Gasteiger partial charge in [-0.05, 0) is 60.9 Å². The van der Waals surface area contributed by atoms with Crippen LogP contribution in [0.25, 0.3) is 10.9 Å². The van der Waals surface area contributed by atoms with Crippen molar-refractivity contribution < 1.29 is 9.18 Å². The molecule has 0 bridgehead atoms. The van der Waals surface area contributed by atoms with Crippen molar-refractivity contribution in [1.82, 2.24) is 14.5 Å². The molecule has 1 aliphatic rings. The summed E-state index contributed by atoms with van der Waals surface area (Å²) in [5, 5.41) is 3.23. The molecule has 0 atom stereocenters. The number of nitrogens with zero attached hydrogens (tertiary/aromatic N) is 3. The van der Waals surface area contributed by atoms with Gasteiger partial charge in [0.15, 0.2) is 0 Å². The van der Waals surface area contributed by atoms with Crippen molar-refractivity contribution in [2.45, 2.75) is 25.3 Å². The second-order valence-corrected chi connectivity index (χ2v) is 7.69. The highest BCUT2D eigenvalue weighted by Crippen LogP contribution is 2.39. The van der Waals surface area contributed by atoms with Gasteiger partial charge in [-0.3, -0.25) is 19.1 Å². The molecule has 6 nitrogen and oxygen atoms in total. The molecule has 1 amide bonds. The average Bonchev–Trinajstić information content (AvgIpc) is 3.63. The highest BCUT2D eigenvalue weighted by atomic mass is 19.1. The molecule has 1 saturated carbocycles. The smallest absolute Gasteiger partial charge is 0.261 e. The highest BCUT2D eigenvalue weighted by Gasteiger charge is 2.29. The summed E-state index contributed by atoms with van der Waals surface area (Å²) in [6.07, 6.45) is 5.08. The Labute approximate surface area is 177 Å². The Balaban J connectivity index is 1.53. The first kappa shape index (κ1) is 19.1. The van der Waals surface area contributed by atoms with E-state index in [-0.39, 0.29) is 23.2 Å². The summed E-state index contributed by atoms with van der Waals surface area (Å²) in [5.74, 6) is 0.405. The van der Waals surface area contributed by atoms with Gasteiger partial charge in [0.05, 0.1) is 23.0 Å². The summed E-state index contributed by atoms with van der Waals surface area (Å²) < 4.78 is 14.9. The number of nitrogens with one attached hydrogen (secondary N) is 1. The number of anilines is 1. The van der Waals surface area contributed by atoms with Gasteiger partial charge in [0.25, 0.3) is 11.5 Å². The maximum atomic E-state index is 13.4. The molecule has 2 aromatic heterocycles. The number of hydrogen-bond donors (Lipinski definition) is 1. The van der Waals surface area contributed by atoms with Gasteiger partial charge in [-0.25, -0.2) is 9.37 Å². The fraction of sp³-hybridized carbons (Fsp3) is 0.167. The van der Waals surface area contributed by atoms with Crippen molar-refractivity contribution in [2.24, 2.45) is 0 Å². The Morgan fingerprint density at radius 3 is 2.65 bits per heavy atom. The fourth-order valence-corrected chi connectivity index (χ4v) is 3.59. The maximum absolute atomic E-state index is 13.4. The van der Waals surface area contributed by atoms with E-state index in [0.717, 1.165) is 24.2 Å². The van der Waals surface area contributed by atoms with E-state index in [2.05, 4.69) is 10.3 Å². The van der Waals surface area contributed by atoms with Crippen molar-refractivity contribution in [1.29, 1.82) is 0 Å². The summed E-state index contributed by atoms with van der Waals surface area (Å²) in [6.45, 7) is 0.320. The molecule has 4 aromatic rings. The zero-order valence-corrected chi connectivity index (χ0v) is 16.6. The number of fused-ring (bicyclic) bond motifs is 1. The van der Waals surface area contributed by atoms with Gasteiger partial charge in [0.1, 0.15) is 11.6 Å². The second kappa shape index (κ2) is 7.75. The molecule has 1 N–H and O–H groups in total. The number of amides is 1. The molecule has 31 heavy (non-hydrogen) atoms. The van der Waals surface area contributed by atoms with E-state index >= 15 is 0 Å². The van der Waals surface area contributed by atoms with Gasteiger partial charge in [0.2, 0.25) is 0 Å². The summed E-state index contributed by atoms with van der Waals surface area (Å²) in [6, 6.07) is 14.6. The van der Waals surface area contributed by atoms with Crippen LogP contribution in [0.1, 0.15) is 40.5 Å². The quantitative estimate of drug-likeness (QED) is 0.533. The van der Waals surface area contributed by atoms with Gasteiger partial charge >= 0.3 is 0 Å². The highest BCUT2D eigenvalue weighted by molar-refractivity contribution is 6.04. The Kier molecular flexibility index (Phi) is 4.78. The average molecular weight is 414 g/mol. The minimum atomic E-state index is -0.316. The lowest BCUT2D eigenvalue weighted by Crippen LogP contribution is -2.26. The van der Waals surface area contributed by atoms with Gasteiger partial charge in [-0.1, -0.05) is 12.1 Å². The second-order valence-electron chi connectivity index (χ2n) is 7.69. The number of pyridine rings is 1. The Bertz CT molecular complexity index is 1330. The Morgan fingerprint density at radius 2 is 1.94 bits per heavy atom. The van der Waals surface area contributed by atoms with Crippen LogP contribution in [0.15, 0.2) is 71.8 Å². The molecular formula is C24H19FN4O2. The molecule has 7 heteroatoms. The molecule has 0 unspecified atom stereocenters. The summed E-state index contributed by atoms with van der Waals surface area (Å²) in [4.78, 5) is 34.5. The largest absolute Gasteiger partial charge is 0.322 e. The lowest BCUT2D eigenvalue weighted by molar-refractivity contribution is 0.102. The maximum Gasteiger partial charge on any atom is 0.261 e. The molecule has 1 aliphatic carbocycles. The van der Waals surface area contributed by atoms with Gasteiger partial charge in [0, 0.05) is 24.0 Å². The molecule has 5 rings (SSSR count). The minimum absolute atomic E-state index is 0.172. The van der Waals surface area contributed by atoms with Gasteiger partial charge < -0.3 is 5.32 Å². The molecule has 1 fully saturated rings. The Morgan fingerprint density at radius 1 is 1.13 bits per heavy atom. The topological polar surface area (TPSA) is 76.9 Å². The minimum Gasteiger partial charge on any atom is -0.322 e. The van der Waals surface area contributed by atoms with Crippen LogP contribution < -0.4 is 10.9 Å². The number of halogens is 1. The van der Waals surface area contributed by atoms with E-state index in [4.69, 9.17) is 4.98 Å². The van der Waals surface area contributed by atoms with E-state index in [1.807, 2.05) is 0 Å². The van der Waals surface area contributed by atoms with Crippen LogP contribution in [0.4, 0.5) is 10.1 Å². The van der Waals surface area contributed by atoms with Crippen LogP contribution in [-0.2, 0) is 6.54 Å². The van der Waals surface area contributed by atoms with Crippen LogP contribution in [0.2, 0.25) is 0 Å². The molecule has 2 aromatic carbocycles. The predicted octanol–water partition coefficient (Wildman–Crippen LogP) is 4.11. The molecule has 0 spiro atoms. The molecule has 154 valence electrons. The van der Waals surface area contributed by atoms with E-state index < -0.39 is 0 Å². The number of aromatic nitrogens is 3. The van der Waals surface area contributed by atoms with Crippen LogP contribution in [-0.4, -0.2) is 20.4 Å². The third kappa shape index (κ3) is 3.94. The standard InChI is InChI=1S/C24H19FN4O2/c25-18-7-3-15(4-8-18)14-29-22(16-5-6-16)28-21-10-9-19(12-20(21)24(29)31)27-23(30)17-2-1-11-26-13-17/h1-4,7-13,16H,5-6,14H2,(H,27,30). The normalized spacial score (nSPS) is 13.3. The SMILES string of the molecule is O=C(Nc1ccc2nc(C3CC3)n(Cc3ccc(F)cc3)c(=O)c2c1)c1cccnc1. The number of benzene rings is 2. The van der Waals surface area contributed by atoms with Crippen LogP contribution in [0.5, 0.6) is 0 Å². The number of rotatable bonds is 5. The monoisotopic (exact) mass is 414 g/mol. The third-order valence-corrected chi connectivity index (χ3v) is 5.36. The zero-order chi connectivity index (χ0) is 21.4. The van der Waals surface area contributed by atoms with Crippen molar-refractivity contribution >= 4 is 22.5 Å². The molecule has 0 aliphatic heterocycles. The molecule has 2 heterocycles. The van der Waals surface area contributed by atoms with E-state index in [1.165, 1.54) is 18.3 Å². The molecular weight excluding hydrogens is 395 g/mol. The van der Waals surface area contributed by atoms with Gasteiger partial charge in [-0.2, -0.15) is 0 Å². The zero-order valence-electron chi connectivity index (χ0n) is 16.6. The first-order valence-corrected chi connectivity index (χ1v) is 10.1. The summed E-state index contributed by atoms with van der Waals surface area (Å²) >= 11 is 0. The number of hydrogen-bond acceptors (Lipinski definition) is 4. The number of carbonyl (C=O) groups excluding carboxylic acids is 1. The summed E-state index contributed by atoms with van der Waals surface area (Å²) in [5.41, 5.74) is 2.19.